The minimum absolute atomic E-state index is 0.169. The van der Waals surface area contributed by atoms with Crippen molar-refractivity contribution in [1.29, 1.82) is 0 Å². The van der Waals surface area contributed by atoms with Crippen molar-refractivity contribution >= 4 is 11.7 Å². The molecule has 1 aromatic rings. The Morgan fingerprint density at radius 2 is 2.39 bits per heavy atom. The van der Waals surface area contributed by atoms with E-state index in [0.29, 0.717) is 18.2 Å². The van der Waals surface area contributed by atoms with E-state index in [0.717, 1.165) is 13.0 Å². The van der Waals surface area contributed by atoms with E-state index in [1.165, 1.54) is 12.1 Å². The first-order valence-corrected chi connectivity index (χ1v) is 5.95. The number of anilines is 1. The Bertz CT molecular complexity index is 444. The van der Waals surface area contributed by atoms with Crippen LogP contribution in [-0.2, 0) is 4.74 Å². The third-order valence-electron chi connectivity index (χ3n) is 3.27. The van der Waals surface area contributed by atoms with Crippen molar-refractivity contribution < 1.29 is 19.0 Å². The van der Waals surface area contributed by atoms with Crippen molar-refractivity contribution in [2.24, 2.45) is 5.92 Å². The summed E-state index contributed by atoms with van der Waals surface area (Å²) in [6, 6.07) is 4.24. The van der Waals surface area contributed by atoms with Gasteiger partial charge in [-0.25, -0.2) is 9.18 Å². The second kappa shape index (κ2) is 5.35. The quantitative estimate of drug-likeness (QED) is 0.864. The largest absolute Gasteiger partial charge is 0.478 e. The molecule has 4 nitrogen and oxygen atoms in total. The summed E-state index contributed by atoms with van der Waals surface area (Å²) >= 11 is 0. The number of carboxylic acid groups (broad SMARTS) is 1. The van der Waals surface area contributed by atoms with Gasteiger partial charge in [-0.15, -0.1) is 0 Å². The molecule has 98 valence electrons. The van der Waals surface area contributed by atoms with Gasteiger partial charge in [0.25, 0.3) is 0 Å². The fourth-order valence-electron chi connectivity index (χ4n) is 2.11. The maximum absolute atomic E-state index is 13.5. The van der Waals surface area contributed by atoms with Crippen LogP contribution in [0.5, 0.6) is 0 Å². The van der Waals surface area contributed by atoms with Crippen molar-refractivity contribution in [2.45, 2.75) is 19.4 Å². The minimum Gasteiger partial charge on any atom is -0.478 e. The Morgan fingerprint density at radius 1 is 1.61 bits per heavy atom. The predicted molar refractivity (Wildman–Crippen MR) is 65.4 cm³/mol. The number of rotatable bonds is 4. The van der Waals surface area contributed by atoms with Crippen LogP contribution in [-0.4, -0.2) is 30.3 Å². The molecule has 2 atom stereocenters. The first-order chi connectivity index (χ1) is 8.58. The molecule has 5 heteroatoms. The number of ether oxygens (including phenoxy) is 1. The topological polar surface area (TPSA) is 58.6 Å². The van der Waals surface area contributed by atoms with Crippen LogP contribution in [0.15, 0.2) is 18.2 Å². The van der Waals surface area contributed by atoms with Gasteiger partial charge in [-0.05, 0) is 31.5 Å². The Hall–Kier alpha value is -1.62. The van der Waals surface area contributed by atoms with Gasteiger partial charge in [-0.1, -0.05) is 0 Å². The van der Waals surface area contributed by atoms with Gasteiger partial charge in [0, 0.05) is 24.3 Å². The maximum atomic E-state index is 13.5. The van der Waals surface area contributed by atoms with Crippen LogP contribution >= 0.6 is 0 Å². The van der Waals surface area contributed by atoms with E-state index in [-0.39, 0.29) is 11.6 Å². The Labute approximate surface area is 105 Å². The monoisotopic (exact) mass is 253 g/mol. The second-order valence-corrected chi connectivity index (χ2v) is 4.56. The lowest BCUT2D eigenvalue weighted by Gasteiger charge is -2.20. The zero-order chi connectivity index (χ0) is 13.1. The van der Waals surface area contributed by atoms with Gasteiger partial charge in [0.2, 0.25) is 0 Å². The molecule has 0 aliphatic carbocycles. The molecule has 0 radical (unpaired) electrons. The van der Waals surface area contributed by atoms with Crippen LogP contribution in [0.2, 0.25) is 0 Å². The molecule has 0 spiro atoms. The molecule has 1 saturated heterocycles. The fraction of sp³-hybridized carbons (Fsp3) is 0.462. The maximum Gasteiger partial charge on any atom is 0.338 e. The molecule has 1 heterocycles. The van der Waals surface area contributed by atoms with Crippen LogP contribution < -0.4 is 5.32 Å². The summed E-state index contributed by atoms with van der Waals surface area (Å²) in [5, 5.41) is 11.9. The molecule has 2 unspecified atom stereocenters. The number of hydrogen-bond donors (Lipinski definition) is 2. The molecule has 0 amide bonds. The van der Waals surface area contributed by atoms with Gasteiger partial charge in [0.15, 0.2) is 0 Å². The SMILES string of the molecule is CC(Nc1ccc(C(=O)O)c(F)c1)C1CCOC1. The lowest BCUT2D eigenvalue weighted by molar-refractivity contribution is 0.0692. The molecular weight excluding hydrogens is 237 g/mol. The van der Waals surface area contributed by atoms with Crippen molar-refractivity contribution in [3.8, 4) is 0 Å². The van der Waals surface area contributed by atoms with E-state index >= 15 is 0 Å². The van der Waals surface area contributed by atoms with Crippen LogP contribution in [0.1, 0.15) is 23.7 Å². The van der Waals surface area contributed by atoms with E-state index in [9.17, 15) is 9.18 Å². The number of nitrogens with one attached hydrogen (secondary N) is 1. The van der Waals surface area contributed by atoms with Gasteiger partial charge in [-0.2, -0.15) is 0 Å². The molecule has 1 aromatic carbocycles. The van der Waals surface area contributed by atoms with E-state index in [4.69, 9.17) is 9.84 Å². The Balaban J connectivity index is 2.05. The lowest BCUT2D eigenvalue weighted by atomic mass is 10.0. The Morgan fingerprint density at radius 3 is 2.94 bits per heavy atom. The smallest absolute Gasteiger partial charge is 0.338 e. The van der Waals surface area contributed by atoms with Crippen LogP contribution in [0.25, 0.3) is 0 Å². The number of benzene rings is 1. The van der Waals surface area contributed by atoms with Crippen molar-refractivity contribution in [2.75, 3.05) is 18.5 Å². The minimum atomic E-state index is -1.25. The van der Waals surface area contributed by atoms with E-state index in [2.05, 4.69) is 5.32 Å². The van der Waals surface area contributed by atoms with Crippen molar-refractivity contribution in [3.63, 3.8) is 0 Å². The average Bonchev–Trinajstić information content (AvgIpc) is 2.81. The number of hydrogen-bond acceptors (Lipinski definition) is 3. The summed E-state index contributed by atoms with van der Waals surface area (Å²) in [5.74, 6) is -1.56. The van der Waals surface area contributed by atoms with Gasteiger partial charge < -0.3 is 15.2 Å². The highest BCUT2D eigenvalue weighted by molar-refractivity contribution is 5.88. The number of halogens is 1. The van der Waals surface area contributed by atoms with Crippen molar-refractivity contribution in [3.05, 3.63) is 29.6 Å². The molecule has 0 saturated carbocycles. The second-order valence-electron chi connectivity index (χ2n) is 4.56. The molecule has 2 rings (SSSR count). The van der Waals surface area contributed by atoms with Crippen LogP contribution in [0.4, 0.5) is 10.1 Å². The number of aromatic carboxylic acids is 1. The molecule has 1 aliphatic rings. The number of carbonyl (C=O) groups is 1. The van der Waals surface area contributed by atoms with E-state index in [1.807, 2.05) is 6.92 Å². The normalized spacial score (nSPS) is 20.7. The van der Waals surface area contributed by atoms with Gasteiger partial charge >= 0.3 is 5.97 Å². The van der Waals surface area contributed by atoms with Gasteiger partial charge in [-0.3, -0.25) is 0 Å². The highest BCUT2D eigenvalue weighted by Crippen LogP contribution is 2.21. The molecule has 18 heavy (non-hydrogen) atoms. The molecule has 0 aromatic heterocycles. The fourth-order valence-corrected chi connectivity index (χ4v) is 2.11. The molecular formula is C13H16FNO3. The molecule has 0 bridgehead atoms. The zero-order valence-corrected chi connectivity index (χ0v) is 10.1. The summed E-state index contributed by atoms with van der Waals surface area (Å²) in [5.41, 5.74) is 0.286. The summed E-state index contributed by atoms with van der Waals surface area (Å²) in [4.78, 5) is 10.7. The molecule has 1 fully saturated rings. The highest BCUT2D eigenvalue weighted by atomic mass is 19.1. The first-order valence-electron chi connectivity index (χ1n) is 5.95. The summed E-state index contributed by atoms with van der Waals surface area (Å²) < 4.78 is 18.8. The summed E-state index contributed by atoms with van der Waals surface area (Å²) in [6.45, 7) is 3.50. The van der Waals surface area contributed by atoms with Crippen LogP contribution in [0, 0.1) is 11.7 Å². The average molecular weight is 253 g/mol. The number of carboxylic acids is 1. The van der Waals surface area contributed by atoms with Crippen LogP contribution in [0.3, 0.4) is 0 Å². The summed E-state index contributed by atoms with van der Waals surface area (Å²) in [7, 11) is 0. The zero-order valence-electron chi connectivity index (χ0n) is 10.1. The molecule has 2 N–H and O–H groups in total. The van der Waals surface area contributed by atoms with E-state index in [1.54, 1.807) is 6.07 Å². The summed E-state index contributed by atoms with van der Waals surface area (Å²) in [6.07, 6.45) is 0.990. The van der Waals surface area contributed by atoms with Crippen molar-refractivity contribution in [1.82, 2.24) is 0 Å². The molecule has 1 aliphatic heterocycles. The van der Waals surface area contributed by atoms with E-state index < -0.39 is 11.8 Å². The lowest BCUT2D eigenvalue weighted by Crippen LogP contribution is -2.26. The Kier molecular flexibility index (Phi) is 3.81. The standard InChI is InChI=1S/C13H16FNO3/c1-8(9-4-5-18-7-9)15-10-2-3-11(13(16)17)12(14)6-10/h2-3,6,8-9,15H,4-5,7H2,1H3,(H,16,17). The first kappa shape index (κ1) is 12.8. The predicted octanol–water partition coefficient (Wildman–Crippen LogP) is 2.36. The van der Waals surface area contributed by atoms with Gasteiger partial charge in [0.05, 0.1) is 12.2 Å². The highest BCUT2D eigenvalue weighted by Gasteiger charge is 2.22. The third kappa shape index (κ3) is 2.79. The van der Waals surface area contributed by atoms with Gasteiger partial charge in [0.1, 0.15) is 5.82 Å². The third-order valence-corrected chi connectivity index (χ3v) is 3.27.